The number of nitrogens with zero attached hydrogens (tertiary/aromatic N) is 1. The van der Waals surface area contributed by atoms with Gasteiger partial charge in [-0.2, -0.15) is 0 Å². The monoisotopic (exact) mass is 316 g/mol. The standard InChI is InChI=1S/C19H28N2O2/c1-15-6-2-3-7-16(15)14-19(10-11-19)20-18(23)21-12-5-4-8-17(21)9-13-22/h2-3,6-7,17,22H,4-5,8-14H2,1H3,(H,20,23). The summed E-state index contributed by atoms with van der Waals surface area (Å²) in [5, 5.41) is 12.5. The summed E-state index contributed by atoms with van der Waals surface area (Å²) in [6.07, 6.45) is 6.97. The highest BCUT2D eigenvalue weighted by Crippen LogP contribution is 2.39. The molecule has 1 unspecified atom stereocenters. The first-order valence-electron chi connectivity index (χ1n) is 8.88. The van der Waals surface area contributed by atoms with Crippen LogP contribution < -0.4 is 5.32 Å². The van der Waals surface area contributed by atoms with Gasteiger partial charge in [0, 0.05) is 24.7 Å². The van der Waals surface area contributed by atoms with E-state index in [2.05, 4.69) is 36.5 Å². The van der Waals surface area contributed by atoms with E-state index in [1.165, 1.54) is 11.1 Å². The van der Waals surface area contributed by atoms with Crippen LogP contribution in [0.25, 0.3) is 0 Å². The second kappa shape index (κ2) is 6.91. The number of urea groups is 1. The Hall–Kier alpha value is -1.55. The molecule has 1 aliphatic carbocycles. The molecule has 2 fully saturated rings. The third kappa shape index (κ3) is 3.86. The molecule has 2 amide bonds. The van der Waals surface area contributed by atoms with Crippen LogP contribution in [0.2, 0.25) is 0 Å². The molecule has 126 valence electrons. The van der Waals surface area contributed by atoms with Crippen LogP contribution in [0.5, 0.6) is 0 Å². The number of carbonyl (C=O) groups excluding carboxylic acids is 1. The minimum absolute atomic E-state index is 0.0512. The van der Waals surface area contributed by atoms with Crippen molar-refractivity contribution in [3.63, 3.8) is 0 Å². The van der Waals surface area contributed by atoms with Crippen molar-refractivity contribution in [2.75, 3.05) is 13.2 Å². The van der Waals surface area contributed by atoms with Gasteiger partial charge in [-0.05, 0) is 63.0 Å². The molecule has 0 bridgehead atoms. The molecule has 23 heavy (non-hydrogen) atoms. The number of aliphatic hydroxyl groups excluding tert-OH is 1. The Morgan fingerprint density at radius 1 is 1.35 bits per heavy atom. The second-order valence-corrected chi connectivity index (χ2v) is 7.17. The van der Waals surface area contributed by atoms with Crippen LogP contribution in [-0.4, -0.2) is 40.8 Å². The number of nitrogens with one attached hydrogen (secondary N) is 1. The zero-order valence-electron chi connectivity index (χ0n) is 14.1. The van der Waals surface area contributed by atoms with E-state index in [-0.39, 0.29) is 24.2 Å². The molecule has 3 rings (SSSR count). The van der Waals surface area contributed by atoms with E-state index in [1.54, 1.807) is 0 Å². The maximum Gasteiger partial charge on any atom is 0.318 e. The fraction of sp³-hybridized carbons (Fsp3) is 0.632. The maximum atomic E-state index is 12.7. The first kappa shape index (κ1) is 16.3. The summed E-state index contributed by atoms with van der Waals surface area (Å²) in [4.78, 5) is 14.7. The van der Waals surface area contributed by atoms with Crippen LogP contribution >= 0.6 is 0 Å². The van der Waals surface area contributed by atoms with Crippen LogP contribution in [0.15, 0.2) is 24.3 Å². The lowest BCUT2D eigenvalue weighted by Crippen LogP contribution is -2.52. The summed E-state index contributed by atoms with van der Waals surface area (Å²) in [5.41, 5.74) is 2.57. The maximum absolute atomic E-state index is 12.7. The highest BCUT2D eigenvalue weighted by atomic mass is 16.3. The lowest BCUT2D eigenvalue weighted by molar-refractivity contribution is 0.128. The number of piperidine rings is 1. The number of benzene rings is 1. The van der Waals surface area contributed by atoms with Gasteiger partial charge >= 0.3 is 6.03 Å². The van der Waals surface area contributed by atoms with Gasteiger partial charge in [0.15, 0.2) is 0 Å². The molecular formula is C19H28N2O2. The number of hydrogen-bond donors (Lipinski definition) is 2. The Kier molecular flexibility index (Phi) is 4.90. The molecule has 0 radical (unpaired) electrons. The van der Waals surface area contributed by atoms with Crippen LogP contribution in [-0.2, 0) is 6.42 Å². The molecule has 2 N–H and O–H groups in total. The molecule has 4 heteroatoms. The van der Waals surface area contributed by atoms with Crippen molar-refractivity contribution < 1.29 is 9.90 Å². The number of hydrogen-bond acceptors (Lipinski definition) is 2. The average Bonchev–Trinajstić information content (AvgIpc) is 3.30. The van der Waals surface area contributed by atoms with E-state index in [9.17, 15) is 9.90 Å². The predicted molar refractivity (Wildman–Crippen MR) is 91.4 cm³/mol. The van der Waals surface area contributed by atoms with Crippen molar-refractivity contribution in [1.82, 2.24) is 10.2 Å². The smallest absolute Gasteiger partial charge is 0.318 e. The van der Waals surface area contributed by atoms with Crippen LogP contribution in [0.4, 0.5) is 4.79 Å². The first-order valence-corrected chi connectivity index (χ1v) is 8.88. The van der Waals surface area contributed by atoms with Gasteiger partial charge in [0.25, 0.3) is 0 Å². The average molecular weight is 316 g/mol. The van der Waals surface area contributed by atoms with Gasteiger partial charge in [0.2, 0.25) is 0 Å². The number of amides is 2. The summed E-state index contributed by atoms with van der Waals surface area (Å²) in [6.45, 7) is 3.11. The minimum Gasteiger partial charge on any atom is -0.396 e. The van der Waals surface area contributed by atoms with Gasteiger partial charge in [0.05, 0.1) is 0 Å². The highest BCUT2D eigenvalue weighted by Gasteiger charge is 2.45. The van der Waals surface area contributed by atoms with Gasteiger partial charge in [0.1, 0.15) is 0 Å². The van der Waals surface area contributed by atoms with Gasteiger partial charge in [-0.1, -0.05) is 24.3 Å². The zero-order valence-corrected chi connectivity index (χ0v) is 14.1. The Morgan fingerprint density at radius 2 is 2.13 bits per heavy atom. The molecule has 1 aromatic carbocycles. The SMILES string of the molecule is Cc1ccccc1CC1(NC(=O)N2CCCCC2CCO)CC1. The molecule has 4 nitrogen and oxygen atoms in total. The molecule has 1 atom stereocenters. The van der Waals surface area contributed by atoms with Crippen LogP contribution in [0, 0.1) is 6.92 Å². The lowest BCUT2D eigenvalue weighted by Gasteiger charge is -2.36. The third-order valence-corrected chi connectivity index (χ3v) is 5.37. The largest absolute Gasteiger partial charge is 0.396 e. The van der Waals surface area contributed by atoms with E-state index in [0.717, 1.165) is 45.1 Å². The fourth-order valence-electron chi connectivity index (χ4n) is 3.69. The highest BCUT2D eigenvalue weighted by molar-refractivity contribution is 5.76. The Balaban J connectivity index is 1.63. The van der Waals surface area contributed by atoms with Crippen molar-refractivity contribution in [2.24, 2.45) is 0 Å². The summed E-state index contributed by atoms with van der Waals surface area (Å²) < 4.78 is 0. The van der Waals surface area contributed by atoms with E-state index in [1.807, 2.05) is 4.90 Å². The molecular weight excluding hydrogens is 288 g/mol. The number of rotatable bonds is 5. The zero-order chi connectivity index (χ0) is 16.3. The van der Waals surface area contributed by atoms with Gasteiger partial charge in [-0.25, -0.2) is 4.79 Å². The number of aliphatic hydroxyl groups is 1. The fourth-order valence-corrected chi connectivity index (χ4v) is 3.69. The van der Waals surface area contributed by atoms with Crippen molar-refractivity contribution >= 4 is 6.03 Å². The van der Waals surface area contributed by atoms with Crippen molar-refractivity contribution in [3.8, 4) is 0 Å². The number of carbonyl (C=O) groups is 1. The molecule has 1 heterocycles. The second-order valence-electron chi connectivity index (χ2n) is 7.17. The van der Waals surface area contributed by atoms with Gasteiger partial charge < -0.3 is 15.3 Å². The van der Waals surface area contributed by atoms with Crippen LogP contribution in [0.3, 0.4) is 0 Å². The molecule has 1 saturated heterocycles. The Bertz CT molecular complexity index is 552. The molecule has 2 aliphatic rings. The topological polar surface area (TPSA) is 52.6 Å². The molecule has 1 saturated carbocycles. The normalized spacial score (nSPS) is 22.7. The van der Waals surface area contributed by atoms with Crippen molar-refractivity contribution in [1.29, 1.82) is 0 Å². The van der Waals surface area contributed by atoms with E-state index in [0.29, 0.717) is 6.42 Å². The van der Waals surface area contributed by atoms with Crippen LogP contribution in [0.1, 0.15) is 49.7 Å². The summed E-state index contributed by atoms with van der Waals surface area (Å²) in [5.74, 6) is 0. The summed E-state index contributed by atoms with van der Waals surface area (Å²) in [6, 6.07) is 8.69. The molecule has 0 spiro atoms. The van der Waals surface area contributed by atoms with Crippen molar-refractivity contribution in [2.45, 2.75) is 63.5 Å². The van der Waals surface area contributed by atoms with E-state index >= 15 is 0 Å². The molecule has 1 aliphatic heterocycles. The Morgan fingerprint density at radius 3 is 2.83 bits per heavy atom. The first-order chi connectivity index (χ1) is 11.1. The number of aryl methyl sites for hydroxylation is 1. The van der Waals surface area contributed by atoms with Crippen molar-refractivity contribution in [3.05, 3.63) is 35.4 Å². The summed E-state index contributed by atoms with van der Waals surface area (Å²) >= 11 is 0. The minimum atomic E-state index is -0.0512. The van der Waals surface area contributed by atoms with E-state index in [4.69, 9.17) is 0 Å². The quantitative estimate of drug-likeness (QED) is 0.877. The Labute approximate surface area is 138 Å². The number of likely N-dealkylation sites (tertiary alicyclic amines) is 1. The molecule has 0 aromatic heterocycles. The van der Waals surface area contributed by atoms with E-state index < -0.39 is 0 Å². The predicted octanol–water partition coefficient (Wildman–Crippen LogP) is 3.02. The van der Waals surface area contributed by atoms with Gasteiger partial charge in [-0.3, -0.25) is 0 Å². The summed E-state index contributed by atoms with van der Waals surface area (Å²) in [7, 11) is 0. The molecule has 1 aromatic rings. The third-order valence-electron chi connectivity index (χ3n) is 5.37. The van der Waals surface area contributed by atoms with Gasteiger partial charge in [-0.15, -0.1) is 0 Å². The lowest BCUT2D eigenvalue weighted by atomic mass is 9.98.